The Hall–Kier alpha value is -1.35. The minimum atomic E-state index is -0.0687. The van der Waals surface area contributed by atoms with Gasteiger partial charge in [-0.2, -0.15) is 0 Å². The van der Waals surface area contributed by atoms with Gasteiger partial charge in [-0.1, -0.05) is 42.7 Å². The second kappa shape index (κ2) is 5.82. The van der Waals surface area contributed by atoms with E-state index in [9.17, 15) is 4.79 Å². The summed E-state index contributed by atoms with van der Waals surface area (Å²) in [5, 5.41) is 0. The number of hydrogen-bond acceptors (Lipinski definition) is 2. The molecule has 0 aromatic heterocycles. The number of aryl methyl sites for hydroxylation is 1. The molecule has 92 valence electrons. The molecule has 17 heavy (non-hydrogen) atoms. The molecular formula is C14H19NO2. The van der Waals surface area contributed by atoms with E-state index in [1.165, 1.54) is 18.4 Å². The molecule has 1 saturated carbocycles. The van der Waals surface area contributed by atoms with Gasteiger partial charge in [0.15, 0.2) is 0 Å². The number of hydroxylamine groups is 1. The summed E-state index contributed by atoms with van der Waals surface area (Å²) in [6.45, 7) is 2.03. The van der Waals surface area contributed by atoms with Crippen molar-refractivity contribution in [2.75, 3.05) is 0 Å². The van der Waals surface area contributed by atoms with Crippen molar-refractivity contribution in [2.24, 2.45) is 0 Å². The molecule has 0 bridgehead atoms. The molecule has 0 saturated heterocycles. The first-order valence-corrected chi connectivity index (χ1v) is 6.24. The third-order valence-corrected chi connectivity index (χ3v) is 3.13. The smallest absolute Gasteiger partial charge is 0.247 e. The van der Waals surface area contributed by atoms with Gasteiger partial charge >= 0.3 is 0 Å². The number of rotatable bonds is 4. The standard InChI is InChI=1S/C14H19NO2/c1-11-6-8-12(9-7-11)10-14(16)15-17-13-4-2-3-5-13/h6-9,13H,2-5,10H2,1H3,(H,15,16). The van der Waals surface area contributed by atoms with Crippen LogP contribution >= 0.6 is 0 Å². The molecule has 0 atom stereocenters. The van der Waals surface area contributed by atoms with E-state index in [1.54, 1.807) is 0 Å². The lowest BCUT2D eigenvalue weighted by Crippen LogP contribution is -2.29. The largest absolute Gasteiger partial charge is 0.272 e. The van der Waals surface area contributed by atoms with Crippen LogP contribution in [0.3, 0.4) is 0 Å². The van der Waals surface area contributed by atoms with Gasteiger partial charge in [0.25, 0.3) is 0 Å². The van der Waals surface area contributed by atoms with Gasteiger partial charge in [0, 0.05) is 0 Å². The van der Waals surface area contributed by atoms with Crippen LogP contribution in [-0.2, 0) is 16.1 Å². The molecule has 1 aromatic carbocycles. The number of hydrogen-bond donors (Lipinski definition) is 1. The number of carbonyl (C=O) groups excluding carboxylic acids is 1. The van der Waals surface area contributed by atoms with Crippen LogP contribution in [0.15, 0.2) is 24.3 Å². The number of benzene rings is 1. The zero-order valence-corrected chi connectivity index (χ0v) is 10.2. The van der Waals surface area contributed by atoms with Gasteiger partial charge < -0.3 is 0 Å². The van der Waals surface area contributed by atoms with Crippen molar-refractivity contribution in [3.8, 4) is 0 Å². The highest BCUT2D eigenvalue weighted by molar-refractivity contribution is 5.77. The summed E-state index contributed by atoms with van der Waals surface area (Å²) in [6.07, 6.45) is 5.14. The topological polar surface area (TPSA) is 38.3 Å². The summed E-state index contributed by atoms with van der Waals surface area (Å²) in [5.41, 5.74) is 4.77. The Kier molecular flexibility index (Phi) is 4.15. The normalized spacial score (nSPS) is 16.1. The minimum Gasteiger partial charge on any atom is -0.272 e. The zero-order chi connectivity index (χ0) is 12.1. The minimum absolute atomic E-state index is 0.0687. The van der Waals surface area contributed by atoms with Crippen molar-refractivity contribution in [2.45, 2.75) is 45.1 Å². The third-order valence-electron chi connectivity index (χ3n) is 3.13. The zero-order valence-electron chi connectivity index (χ0n) is 10.2. The van der Waals surface area contributed by atoms with Crippen molar-refractivity contribution in [1.82, 2.24) is 5.48 Å². The quantitative estimate of drug-likeness (QED) is 0.811. The summed E-state index contributed by atoms with van der Waals surface area (Å²) in [5.74, 6) is -0.0687. The van der Waals surface area contributed by atoms with Crippen LogP contribution < -0.4 is 5.48 Å². The molecule has 1 aliphatic carbocycles. The fourth-order valence-electron chi connectivity index (χ4n) is 2.08. The van der Waals surface area contributed by atoms with E-state index < -0.39 is 0 Å². The van der Waals surface area contributed by atoms with Crippen LogP contribution in [0, 0.1) is 6.92 Å². The first kappa shape index (κ1) is 12.1. The van der Waals surface area contributed by atoms with E-state index in [0.29, 0.717) is 6.42 Å². The van der Waals surface area contributed by atoms with Gasteiger partial charge in [0.1, 0.15) is 0 Å². The third kappa shape index (κ3) is 3.86. The molecule has 0 radical (unpaired) electrons. The van der Waals surface area contributed by atoms with Gasteiger partial charge in [-0.15, -0.1) is 0 Å². The van der Waals surface area contributed by atoms with E-state index >= 15 is 0 Å². The molecular weight excluding hydrogens is 214 g/mol. The molecule has 1 aliphatic rings. The van der Waals surface area contributed by atoms with Gasteiger partial charge in [-0.05, 0) is 25.3 Å². The van der Waals surface area contributed by atoms with Gasteiger partial charge in [0.2, 0.25) is 5.91 Å². The van der Waals surface area contributed by atoms with Gasteiger partial charge in [-0.25, -0.2) is 5.48 Å². The van der Waals surface area contributed by atoms with E-state index in [2.05, 4.69) is 5.48 Å². The van der Waals surface area contributed by atoms with Crippen molar-refractivity contribution in [3.63, 3.8) is 0 Å². The van der Waals surface area contributed by atoms with Crippen LogP contribution in [0.25, 0.3) is 0 Å². The molecule has 1 amide bonds. The molecule has 0 unspecified atom stereocenters. The van der Waals surface area contributed by atoms with Crippen LogP contribution in [0.2, 0.25) is 0 Å². The Morgan fingerprint density at radius 3 is 2.59 bits per heavy atom. The van der Waals surface area contributed by atoms with Gasteiger partial charge in [-0.3, -0.25) is 9.63 Å². The molecule has 0 heterocycles. The first-order chi connectivity index (χ1) is 8.24. The van der Waals surface area contributed by atoms with Crippen molar-refractivity contribution in [3.05, 3.63) is 35.4 Å². The lowest BCUT2D eigenvalue weighted by Gasteiger charge is -2.11. The van der Waals surface area contributed by atoms with E-state index in [4.69, 9.17) is 4.84 Å². The van der Waals surface area contributed by atoms with Crippen LogP contribution in [0.1, 0.15) is 36.8 Å². The number of amides is 1. The Morgan fingerprint density at radius 2 is 1.94 bits per heavy atom. The fourth-order valence-corrected chi connectivity index (χ4v) is 2.08. The summed E-state index contributed by atoms with van der Waals surface area (Å²) in [7, 11) is 0. The second-order valence-electron chi connectivity index (χ2n) is 4.71. The second-order valence-corrected chi connectivity index (χ2v) is 4.71. The highest BCUT2D eigenvalue weighted by atomic mass is 16.7. The fraction of sp³-hybridized carbons (Fsp3) is 0.500. The summed E-state index contributed by atoms with van der Waals surface area (Å²) < 4.78 is 0. The Labute approximate surface area is 102 Å². The number of carbonyl (C=O) groups is 1. The lowest BCUT2D eigenvalue weighted by molar-refractivity contribution is -0.137. The van der Waals surface area contributed by atoms with Gasteiger partial charge in [0.05, 0.1) is 12.5 Å². The SMILES string of the molecule is Cc1ccc(CC(=O)NOC2CCCC2)cc1. The number of nitrogens with one attached hydrogen (secondary N) is 1. The predicted octanol–water partition coefficient (Wildman–Crippen LogP) is 2.53. The summed E-state index contributed by atoms with van der Waals surface area (Å²) in [4.78, 5) is 17.0. The van der Waals surface area contributed by atoms with E-state index in [0.717, 1.165) is 18.4 Å². The Bertz CT molecular complexity index is 366. The van der Waals surface area contributed by atoms with Crippen molar-refractivity contribution >= 4 is 5.91 Å². The Morgan fingerprint density at radius 1 is 1.29 bits per heavy atom. The maximum Gasteiger partial charge on any atom is 0.247 e. The monoisotopic (exact) mass is 233 g/mol. The maximum atomic E-state index is 11.6. The molecule has 1 N–H and O–H groups in total. The molecule has 2 rings (SSSR count). The van der Waals surface area contributed by atoms with E-state index in [1.807, 2.05) is 31.2 Å². The molecule has 3 heteroatoms. The average molecular weight is 233 g/mol. The molecule has 1 fully saturated rings. The van der Waals surface area contributed by atoms with Crippen molar-refractivity contribution < 1.29 is 9.63 Å². The lowest BCUT2D eigenvalue weighted by atomic mass is 10.1. The van der Waals surface area contributed by atoms with Crippen LogP contribution in [0.4, 0.5) is 0 Å². The highest BCUT2D eigenvalue weighted by Gasteiger charge is 2.16. The molecule has 3 nitrogen and oxygen atoms in total. The molecule has 0 aliphatic heterocycles. The summed E-state index contributed by atoms with van der Waals surface area (Å²) in [6, 6.07) is 7.98. The van der Waals surface area contributed by atoms with Crippen LogP contribution in [-0.4, -0.2) is 12.0 Å². The predicted molar refractivity (Wildman–Crippen MR) is 66.4 cm³/mol. The van der Waals surface area contributed by atoms with Crippen LogP contribution in [0.5, 0.6) is 0 Å². The Balaban J connectivity index is 1.74. The van der Waals surface area contributed by atoms with Crippen molar-refractivity contribution in [1.29, 1.82) is 0 Å². The first-order valence-electron chi connectivity index (χ1n) is 6.24. The average Bonchev–Trinajstić information content (AvgIpc) is 2.83. The maximum absolute atomic E-state index is 11.6. The summed E-state index contributed by atoms with van der Waals surface area (Å²) >= 11 is 0. The molecule has 1 aromatic rings. The van der Waals surface area contributed by atoms with E-state index in [-0.39, 0.29) is 12.0 Å². The highest BCUT2D eigenvalue weighted by Crippen LogP contribution is 2.19. The molecule has 0 spiro atoms.